The molecule has 1 saturated heterocycles. The molecule has 4 atom stereocenters. The summed E-state index contributed by atoms with van der Waals surface area (Å²) in [6, 6.07) is 10.8. The van der Waals surface area contributed by atoms with E-state index in [9.17, 15) is 19.5 Å². The molecular weight excluding hydrogens is 442 g/mol. The second-order valence-electron chi connectivity index (χ2n) is 10.3. The number of allylic oxidation sites excluding steroid dienone is 1. The molecule has 1 saturated carbocycles. The molecule has 4 aliphatic rings. The lowest BCUT2D eigenvalue weighted by atomic mass is 9.87. The van der Waals surface area contributed by atoms with Gasteiger partial charge in [0.2, 0.25) is 11.8 Å². The van der Waals surface area contributed by atoms with Crippen LogP contribution in [-0.4, -0.2) is 50.5 Å². The van der Waals surface area contributed by atoms with Crippen molar-refractivity contribution in [2.45, 2.75) is 51.4 Å². The molecule has 35 heavy (non-hydrogen) atoms. The molecule has 0 spiro atoms. The molecule has 2 amide bonds. The number of pyridine rings is 1. The summed E-state index contributed by atoms with van der Waals surface area (Å²) in [7, 11) is 0. The Hall–Kier alpha value is -3.19. The predicted octanol–water partition coefficient (Wildman–Crippen LogP) is 2.37. The fraction of sp³-hybridized carbons (Fsp3) is 0.464. The summed E-state index contributed by atoms with van der Waals surface area (Å²) in [6.07, 6.45) is 6.09. The van der Waals surface area contributed by atoms with Gasteiger partial charge in [0.05, 0.1) is 6.04 Å². The van der Waals surface area contributed by atoms with Gasteiger partial charge in [0.1, 0.15) is 6.04 Å². The molecular formula is C28H31N3O4. The monoisotopic (exact) mass is 473 g/mol. The summed E-state index contributed by atoms with van der Waals surface area (Å²) in [4.78, 5) is 44.4. The molecule has 7 heteroatoms. The highest BCUT2D eigenvalue weighted by Gasteiger charge is 2.59. The van der Waals surface area contributed by atoms with Crippen molar-refractivity contribution < 1.29 is 14.7 Å². The highest BCUT2D eigenvalue weighted by atomic mass is 16.3. The zero-order valence-electron chi connectivity index (χ0n) is 20.0. The van der Waals surface area contributed by atoms with E-state index in [1.165, 1.54) is 5.56 Å². The minimum absolute atomic E-state index is 0.00913. The van der Waals surface area contributed by atoms with Crippen LogP contribution >= 0.6 is 0 Å². The normalized spacial score (nSPS) is 27.1. The molecule has 3 aliphatic heterocycles. The zero-order chi connectivity index (χ0) is 24.3. The molecule has 2 fully saturated rings. The number of aliphatic hydroxyl groups excluding tert-OH is 1. The summed E-state index contributed by atoms with van der Waals surface area (Å²) in [5.74, 6) is -0.723. The maximum absolute atomic E-state index is 14.0. The molecule has 1 aliphatic carbocycles. The van der Waals surface area contributed by atoms with Gasteiger partial charge in [-0.2, -0.15) is 0 Å². The van der Waals surface area contributed by atoms with Crippen LogP contribution in [0.15, 0.2) is 47.3 Å². The van der Waals surface area contributed by atoms with Gasteiger partial charge in [0, 0.05) is 55.3 Å². The number of aromatic nitrogens is 1. The van der Waals surface area contributed by atoms with Crippen molar-refractivity contribution in [1.29, 1.82) is 0 Å². The number of likely N-dealkylation sites (tertiary alicyclic amines) is 1. The summed E-state index contributed by atoms with van der Waals surface area (Å²) in [5, 5.41) is 10.5. The predicted molar refractivity (Wildman–Crippen MR) is 131 cm³/mol. The molecule has 1 N–H and O–H groups in total. The van der Waals surface area contributed by atoms with Gasteiger partial charge in [-0.3, -0.25) is 14.4 Å². The largest absolute Gasteiger partial charge is 0.396 e. The molecule has 1 aromatic carbocycles. The number of amides is 2. The number of rotatable bonds is 4. The smallest absolute Gasteiger partial charge is 0.258 e. The summed E-state index contributed by atoms with van der Waals surface area (Å²) in [5.41, 5.74) is 3.70. The van der Waals surface area contributed by atoms with E-state index in [0.29, 0.717) is 25.2 Å². The van der Waals surface area contributed by atoms with Crippen LogP contribution in [0.3, 0.4) is 0 Å². The van der Waals surface area contributed by atoms with Crippen molar-refractivity contribution in [2.24, 2.45) is 17.8 Å². The highest BCUT2D eigenvalue weighted by molar-refractivity contribution is 5.91. The number of nitrogens with zero attached hydrogens (tertiary/aromatic N) is 3. The second-order valence-corrected chi connectivity index (χ2v) is 10.3. The Balaban J connectivity index is 1.39. The fourth-order valence-corrected chi connectivity index (χ4v) is 6.45. The lowest BCUT2D eigenvalue weighted by Gasteiger charge is -2.37. The Labute approximate surface area is 204 Å². The van der Waals surface area contributed by atoms with Crippen LogP contribution in [-0.2, 0) is 29.1 Å². The van der Waals surface area contributed by atoms with E-state index in [2.05, 4.69) is 12.1 Å². The first-order valence-corrected chi connectivity index (χ1v) is 12.7. The van der Waals surface area contributed by atoms with Crippen LogP contribution in [0, 0.1) is 17.8 Å². The first-order chi connectivity index (χ1) is 17.0. The van der Waals surface area contributed by atoms with E-state index in [4.69, 9.17) is 0 Å². The van der Waals surface area contributed by atoms with Gasteiger partial charge >= 0.3 is 0 Å². The van der Waals surface area contributed by atoms with Crippen LogP contribution in [0.2, 0.25) is 0 Å². The van der Waals surface area contributed by atoms with E-state index in [0.717, 1.165) is 30.5 Å². The van der Waals surface area contributed by atoms with Crippen LogP contribution in [0.4, 0.5) is 0 Å². The van der Waals surface area contributed by atoms with Crippen LogP contribution in [0.1, 0.15) is 48.2 Å². The summed E-state index contributed by atoms with van der Waals surface area (Å²) >= 11 is 0. The first-order valence-electron chi connectivity index (χ1n) is 12.7. The minimum atomic E-state index is -0.701. The molecule has 1 aromatic heterocycles. The van der Waals surface area contributed by atoms with Crippen LogP contribution in [0.5, 0.6) is 0 Å². The SMILES string of the molecule is C/C=C/c1ccc2n(c1=O)C[C@@H]1[C@@H](CO)[C@H](C(=O)N3CCc4ccccc4C3)N(C(=O)C3CC3)[C@H]21. The molecule has 4 heterocycles. The van der Waals surface area contributed by atoms with Crippen molar-refractivity contribution in [3.63, 3.8) is 0 Å². The maximum atomic E-state index is 14.0. The average Bonchev–Trinajstić information content (AvgIpc) is 3.59. The number of aliphatic hydroxyl groups is 1. The van der Waals surface area contributed by atoms with Crippen molar-refractivity contribution in [2.75, 3.05) is 13.2 Å². The van der Waals surface area contributed by atoms with Gasteiger partial charge in [-0.05, 0) is 49.4 Å². The van der Waals surface area contributed by atoms with Gasteiger partial charge in [-0.25, -0.2) is 0 Å². The van der Waals surface area contributed by atoms with Gasteiger partial charge in [0.15, 0.2) is 0 Å². The Morgan fingerprint density at radius 2 is 1.86 bits per heavy atom. The fourth-order valence-electron chi connectivity index (χ4n) is 6.45. The number of fused-ring (bicyclic) bond motifs is 4. The minimum Gasteiger partial charge on any atom is -0.396 e. The molecule has 6 rings (SSSR count). The third-order valence-electron chi connectivity index (χ3n) is 8.33. The van der Waals surface area contributed by atoms with Gasteiger partial charge in [-0.15, -0.1) is 0 Å². The average molecular weight is 474 g/mol. The highest BCUT2D eigenvalue weighted by Crippen LogP contribution is 2.51. The van der Waals surface area contributed by atoms with Gasteiger partial charge in [-0.1, -0.05) is 36.4 Å². The molecule has 7 nitrogen and oxygen atoms in total. The Morgan fingerprint density at radius 1 is 1.09 bits per heavy atom. The van der Waals surface area contributed by atoms with E-state index in [-0.39, 0.29) is 41.9 Å². The third kappa shape index (κ3) is 3.47. The third-order valence-corrected chi connectivity index (χ3v) is 8.33. The second kappa shape index (κ2) is 8.48. The van der Waals surface area contributed by atoms with Gasteiger partial charge in [0.25, 0.3) is 5.56 Å². The van der Waals surface area contributed by atoms with Crippen LogP contribution < -0.4 is 5.56 Å². The number of hydrogen-bond donors (Lipinski definition) is 1. The van der Waals surface area contributed by atoms with Crippen molar-refractivity contribution in [1.82, 2.24) is 14.4 Å². The summed E-state index contributed by atoms with van der Waals surface area (Å²) in [6.45, 7) is 3.22. The van der Waals surface area contributed by atoms with Gasteiger partial charge < -0.3 is 19.5 Å². The first kappa shape index (κ1) is 22.3. The molecule has 2 aromatic rings. The number of hydrogen-bond acceptors (Lipinski definition) is 4. The van der Waals surface area contributed by atoms with Crippen molar-refractivity contribution in [3.8, 4) is 0 Å². The number of carbonyl (C=O) groups excluding carboxylic acids is 2. The van der Waals surface area contributed by atoms with E-state index in [1.807, 2.05) is 36.1 Å². The molecule has 0 unspecified atom stereocenters. The molecule has 182 valence electrons. The lowest BCUT2D eigenvalue weighted by molar-refractivity contribution is -0.148. The Bertz CT molecular complexity index is 1280. The Morgan fingerprint density at radius 3 is 2.57 bits per heavy atom. The van der Waals surface area contributed by atoms with Crippen LogP contribution in [0.25, 0.3) is 6.08 Å². The van der Waals surface area contributed by atoms with E-state index >= 15 is 0 Å². The molecule has 0 bridgehead atoms. The number of carbonyl (C=O) groups is 2. The quantitative estimate of drug-likeness (QED) is 0.739. The van der Waals surface area contributed by atoms with E-state index in [1.54, 1.807) is 21.6 Å². The van der Waals surface area contributed by atoms with E-state index < -0.39 is 12.0 Å². The lowest BCUT2D eigenvalue weighted by Crippen LogP contribution is -2.53. The standard InChI is InChI=1S/C28H31N3O4/c1-2-5-18-10-11-23-24-21(15-30(23)26(18)33)22(16-32)25(31(24)27(34)19-8-9-19)28(35)29-13-12-17-6-3-4-7-20(17)14-29/h2-7,10-11,19,21-22,24-25,32H,8-9,12-16H2,1H3/b5-2+/t21-,22-,24+,25-/m1/s1. The molecule has 0 radical (unpaired) electrons. The maximum Gasteiger partial charge on any atom is 0.258 e. The van der Waals surface area contributed by atoms with Crippen molar-refractivity contribution >= 4 is 17.9 Å². The Kier molecular flexibility index (Phi) is 5.40. The zero-order valence-corrected chi connectivity index (χ0v) is 20.0. The van der Waals surface area contributed by atoms with Crippen molar-refractivity contribution in [3.05, 3.63) is 75.2 Å². The topological polar surface area (TPSA) is 82.8 Å². The number of benzene rings is 1. The summed E-state index contributed by atoms with van der Waals surface area (Å²) < 4.78 is 1.75.